The van der Waals surface area contributed by atoms with Crippen LogP contribution in [-0.2, 0) is 0 Å². The number of benzene rings is 3. The average Bonchev–Trinajstić information content (AvgIpc) is 3.15. The minimum Gasteiger partial charge on any atom is -0.305 e. The molecule has 0 saturated carbocycles. The van der Waals surface area contributed by atoms with Gasteiger partial charge in [-0.05, 0) is 53.6 Å². The predicted molar refractivity (Wildman–Crippen MR) is 112 cm³/mol. The first-order chi connectivity index (χ1) is 14.1. The van der Waals surface area contributed by atoms with Crippen molar-refractivity contribution >= 4 is 11.9 Å². The summed E-state index contributed by atoms with van der Waals surface area (Å²) in [5, 5.41) is 0. The molecule has 0 aliphatic rings. The number of aromatic amines is 1. The minimum absolute atomic E-state index is 0.155. The van der Waals surface area contributed by atoms with Gasteiger partial charge in [-0.2, -0.15) is 0 Å². The number of carbonyl (C=O) groups excluding carboxylic acids is 1. The Morgan fingerprint density at radius 3 is 2.45 bits per heavy atom. The summed E-state index contributed by atoms with van der Waals surface area (Å²) in [6.07, 6.45) is 4.90. The van der Waals surface area contributed by atoms with E-state index in [9.17, 15) is 14.0 Å². The quantitative estimate of drug-likeness (QED) is 0.394. The minimum atomic E-state index is -0.342. The van der Waals surface area contributed by atoms with Gasteiger partial charge in [-0.15, -0.1) is 0 Å². The maximum Gasteiger partial charge on any atom is 0.330 e. The van der Waals surface area contributed by atoms with Crippen LogP contribution in [0, 0.1) is 5.82 Å². The van der Waals surface area contributed by atoms with Gasteiger partial charge in [0, 0.05) is 11.8 Å². The highest BCUT2D eigenvalue weighted by atomic mass is 19.1. The van der Waals surface area contributed by atoms with Gasteiger partial charge in [-0.1, -0.05) is 48.5 Å². The van der Waals surface area contributed by atoms with Gasteiger partial charge in [0.2, 0.25) is 0 Å². The third-order valence-corrected chi connectivity index (χ3v) is 4.51. The van der Waals surface area contributed by atoms with E-state index in [1.807, 2.05) is 30.3 Å². The molecule has 0 saturated heterocycles. The van der Waals surface area contributed by atoms with E-state index < -0.39 is 0 Å². The zero-order valence-corrected chi connectivity index (χ0v) is 15.4. The Kier molecular flexibility index (Phi) is 5.03. The van der Waals surface area contributed by atoms with Crippen LogP contribution in [0.15, 0.2) is 95.9 Å². The molecule has 1 N–H and O–H groups in total. The second-order valence-corrected chi connectivity index (χ2v) is 6.51. The summed E-state index contributed by atoms with van der Waals surface area (Å²) in [6.45, 7) is 0. The smallest absolute Gasteiger partial charge is 0.305 e. The number of hydrogen-bond acceptors (Lipinski definition) is 2. The number of carbonyl (C=O) groups is 1. The highest BCUT2D eigenvalue weighted by Gasteiger charge is 2.09. The molecule has 4 rings (SSSR count). The number of ketones is 1. The van der Waals surface area contributed by atoms with Gasteiger partial charge in [0.25, 0.3) is 0 Å². The van der Waals surface area contributed by atoms with Gasteiger partial charge in [0.1, 0.15) is 5.82 Å². The molecule has 0 aliphatic heterocycles. The van der Waals surface area contributed by atoms with Crippen LogP contribution in [0.1, 0.15) is 15.9 Å². The van der Waals surface area contributed by atoms with Gasteiger partial charge in [-0.3, -0.25) is 9.36 Å². The number of hydrogen-bond donors (Lipinski definition) is 1. The van der Waals surface area contributed by atoms with E-state index in [2.05, 4.69) is 4.98 Å². The second-order valence-electron chi connectivity index (χ2n) is 6.51. The second kappa shape index (κ2) is 7.94. The van der Waals surface area contributed by atoms with Crippen LogP contribution >= 0.6 is 0 Å². The van der Waals surface area contributed by atoms with E-state index in [-0.39, 0.29) is 17.3 Å². The molecular formula is C24H17FN2O2. The van der Waals surface area contributed by atoms with Crippen LogP contribution in [-0.4, -0.2) is 15.3 Å². The molecule has 4 nitrogen and oxygen atoms in total. The number of nitrogens with zero attached hydrogens (tertiary/aromatic N) is 1. The lowest BCUT2D eigenvalue weighted by molar-refractivity contribution is 0.104. The third kappa shape index (κ3) is 4.14. The van der Waals surface area contributed by atoms with E-state index in [1.54, 1.807) is 48.7 Å². The van der Waals surface area contributed by atoms with Crippen molar-refractivity contribution < 1.29 is 9.18 Å². The lowest BCUT2D eigenvalue weighted by Gasteiger charge is -2.03. The Hall–Kier alpha value is -3.99. The van der Waals surface area contributed by atoms with Crippen molar-refractivity contribution in [2.24, 2.45) is 0 Å². The molecule has 4 aromatic rings. The average molecular weight is 384 g/mol. The molecule has 0 bridgehead atoms. The molecule has 0 amide bonds. The maximum absolute atomic E-state index is 13.1. The van der Waals surface area contributed by atoms with Crippen molar-refractivity contribution in [1.29, 1.82) is 0 Å². The van der Waals surface area contributed by atoms with E-state index in [1.165, 1.54) is 22.8 Å². The first kappa shape index (κ1) is 18.4. The van der Waals surface area contributed by atoms with Crippen molar-refractivity contribution in [3.05, 3.63) is 119 Å². The Morgan fingerprint density at radius 2 is 1.69 bits per heavy atom. The maximum atomic E-state index is 13.1. The number of halogens is 1. The van der Waals surface area contributed by atoms with Gasteiger partial charge in [0.05, 0.1) is 11.4 Å². The van der Waals surface area contributed by atoms with Gasteiger partial charge in [-0.25, -0.2) is 9.18 Å². The molecular weight excluding hydrogens is 367 g/mol. The fraction of sp³-hybridized carbons (Fsp3) is 0. The highest BCUT2D eigenvalue weighted by molar-refractivity contribution is 6.07. The monoisotopic (exact) mass is 384 g/mol. The van der Waals surface area contributed by atoms with Gasteiger partial charge < -0.3 is 4.98 Å². The number of H-pyrrole nitrogens is 1. The summed E-state index contributed by atoms with van der Waals surface area (Å²) < 4.78 is 14.6. The molecule has 29 heavy (non-hydrogen) atoms. The van der Waals surface area contributed by atoms with Crippen LogP contribution in [0.3, 0.4) is 0 Å². The van der Waals surface area contributed by atoms with E-state index in [0.717, 1.165) is 5.56 Å². The number of rotatable bonds is 5. The van der Waals surface area contributed by atoms with Crippen molar-refractivity contribution in [3.8, 4) is 16.9 Å². The lowest BCUT2D eigenvalue weighted by atomic mass is 10.1. The summed E-state index contributed by atoms with van der Waals surface area (Å²) in [4.78, 5) is 27.7. The summed E-state index contributed by atoms with van der Waals surface area (Å²) in [5.74, 6) is -0.497. The van der Waals surface area contributed by atoms with E-state index in [0.29, 0.717) is 22.5 Å². The van der Waals surface area contributed by atoms with Crippen molar-refractivity contribution in [2.45, 2.75) is 0 Å². The number of aromatic nitrogens is 2. The Bertz CT molecular complexity index is 1240. The number of imidazole rings is 1. The molecule has 0 fully saturated rings. The predicted octanol–water partition coefficient (Wildman–Crippen LogP) is 4.87. The molecule has 3 aromatic carbocycles. The van der Waals surface area contributed by atoms with E-state index in [4.69, 9.17) is 0 Å². The lowest BCUT2D eigenvalue weighted by Crippen LogP contribution is -2.14. The number of allylic oxidation sites excluding steroid dienone is 1. The Morgan fingerprint density at radius 1 is 0.931 bits per heavy atom. The zero-order chi connectivity index (χ0) is 20.2. The van der Waals surface area contributed by atoms with Gasteiger partial charge >= 0.3 is 5.69 Å². The van der Waals surface area contributed by atoms with E-state index >= 15 is 0 Å². The zero-order valence-electron chi connectivity index (χ0n) is 15.4. The largest absolute Gasteiger partial charge is 0.330 e. The standard InChI is InChI=1S/C24H17FN2O2/c25-20-12-10-18(11-13-20)22-16-27(24(29)26-22)21-8-4-7-19(15-21)23(28)14-9-17-5-2-1-3-6-17/h1-16H,(H,26,29)/b14-9+. The SMILES string of the molecule is O=C(/C=C/c1ccccc1)c1cccc(-n2cc(-c3ccc(F)cc3)[nH]c2=O)c1. The normalized spacial score (nSPS) is 11.1. The molecule has 5 heteroatoms. The summed E-state index contributed by atoms with van der Waals surface area (Å²) in [7, 11) is 0. The highest BCUT2D eigenvalue weighted by Crippen LogP contribution is 2.18. The molecule has 0 spiro atoms. The van der Waals surface area contributed by atoms with Crippen LogP contribution in [0.5, 0.6) is 0 Å². The van der Waals surface area contributed by atoms with Gasteiger partial charge in [0.15, 0.2) is 5.78 Å². The molecule has 0 unspecified atom stereocenters. The van der Waals surface area contributed by atoms with Crippen LogP contribution in [0.4, 0.5) is 4.39 Å². The first-order valence-electron chi connectivity index (χ1n) is 9.06. The topological polar surface area (TPSA) is 54.9 Å². The van der Waals surface area contributed by atoms with Crippen LogP contribution in [0.25, 0.3) is 23.0 Å². The van der Waals surface area contributed by atoms with Crippen molar-refractivity contribution in [1.82, 2.24) is 9.55 Å². The Balaban J connectivity index is 1.62. The summed E-state index contributed by atoms with van der Waals surface area (Å²) in [5.41, 5.74) is 2.90. The summed E-state index contributed by atoms with van der Waals surface area (Å²) in [6, 6.07) is 22.3. The van der Waals surface area contributed by atoms with Crippen LogP contribution in [0.2, 0.25) is 0 Å². The molecule has 1 heterocycles. The molecule has 1 aromatic heterocycles. The summed E-state index contributed by atoms with van der Waals surface area (Å²) >= 11 is 0. The van der Waals surface area contributed by atoms with Crippen molar-refractivity contribution in [2.75, 3.05) is 0 Å². The first-order valence-corrected chi connectivity index (χ1v) is 9.06. The molecule has 0 atom stereocenters. The third-order valence-electron chi connectivity index (χ3n) is 4.51. The Labute approximate surface area is 166 Å². The number of nitrogens with one attached hydrogen (secondary N) is 1. The fourth-order valence-electron chi connectivity index (χ4n) is 3.00. The molecule has 0 aliphatic carbocycles. The molecule has 142 valence electrons. The van der Waals surface area contributed by atoms with Crippen molar-refractivity contribution in [3.63, 3.8) is 0 Å². The fourth-order valence-corrected chi connectivity index (χ4v) is 3.00. The molecule has 0 radical (unpaired) electrons. The van der Waals surface area contributed by atoms with Crippen LogP contribution < -0.4 is 5.69 Å².